The van der Waals surface area contributed by atoms with Crippen LogP contribution < -0.4 is 5.32 Å². The van der Waals surface area contributed by atoms with Gasteiger partial charge < -0.3 is 20.2 Å². The molecule has 2 aliphatic rings. The van der Waals surface area contributed by atoms with Crippen LogP contribution in [0, 0.1) is 0 Å². The summed E-state index contributed by atoms with van der Waals surface area (Å²) in [5.41, 5.74) is 0.456. The standard InChI is InChI=1S/C28H33Cl4N3O3/c1-28(19-5-7-22(30)24(32)16-19,27(38)33-25(17-36)18-4-6-21(29)23(31)15-18)10-14-34-12-8-20(9-13-34)35-11-2-3-26(35)37/h4-7,15-16,20,25,36H,2-3,8-14,17H2,1H3,(H,33,38)/t25-,28-/m0/s1. The Hall–Kier alpha value is -1.54. The second-order valence-corrected chi connectivity index (χ2v) is 12.0. The fourth-order valence-electron chi connectivity index (χ4n) is 5.40. The van der Waals surface area contributed by atoms with E-state index in [1.54, 1.807) is 30.3 Å². The molecular formula is C28H33Cl4N3O3. The van der Waals surface area contributed by atoms with Gasteiger partial charge in [-0.2, -0.15) is 0 Å². The van der Waals surface area contributed by atoms with E-state index in [-0.39, 0.29) is 18.4 Å². The van der Waals surface area contributed by atoms with E-state index < -0.39 is 11.5 Å². The molecule has 2 N–H and O–H groups in total. The van der Waals surface area contributed by atoms with Crippen LogP contribution in [0.25, 0.3) is 0 Å². The van der Waals surface area contributed by atoms with Gasteiger partial charge in [0.05, 0.1) is 38.2 Å². The van der Waals surface area contributed by atoms with E-state index in [0.29, 0.717) is 51.1 Å². The number of aliphatic hydroxyl groups excluding tert-OH is 1. The van der Waals surface area contributed by atoms with Gasteiger partial charge in [0, 0.05) is 32.1 Å². The van der Waals surface area contributed by atoms with Crippen molar-refractivity contribution in [2.75, 3.05) is 32.8 Å². The van der Waals surface area contributed by atoms with Crippen molar-refractivity contribution < 1.29 is 14.7 Å². The Morgan fingerprint density at radius 3 is 2.26 bits per heavy atom. The highest BCUT2D eigenvalue weighted by molar-refractivity contribution is 6.42. The lowest BCUT2D eigenvalue weighted by Gasteiger charge is -2.38. The quantitative estimate of drug-likeness (QED) is 0.377. The number of nitrogens with zero attached hydrogens (tertiary/aromatic N) is 2. The second kappa shape index (κ2) is 12.8. The van der Waals surface area contributed by atoms with Gasteiger partial charge in [0.15, 0.2) is 0 Å². The van der Waals surface area contributed by atoms with Gasteiger partial charge in [0.1, 0.15) is 0 Å². The van der Waals surface area contributed by atoms with E-state index in [4.69, 9.17) is 46.4 Å². The first-order valence-corrected chi connectivity index (χ1v) is 14.5. The number of likely N-dealkylation sites (tertiary alicyclic amines) is 2. The highest BCUT2D eigenvalue weighted by atomic mass is 35.5. The van der Waals surface area contributed by atoms with Crippen LogP contribution in [-0.2, 0) is 15.0 Å². The normalized spacial score (nSPS) is 19.4. The van der Waals surface area contributed by atoms with Crippen molar-refractivity contribution in [2.45, 2.75) is 56.5 Å². The lowest BCUT2D eigenvalue weighted by Crippen LogP contribution is -2.49. The van der Waals surface area contributed by atoms with Gasteiger partial charge in [0.2, 0.25) is 11.8 Å². The Morgan fingerprint density at radius 1 is 1.03 bits per heavy atom. The fraction of sp³-hybridized carbons (Fsp3) is 0.500. The van der Waals surface area contributed by atoms with Gasteiger partial charge >= 0.3 is 0 Å². The first-order valence-electron chi connectivity index (χ1n) is 13.0. The van der Waals surface area contributed by atoms with E-state index >= 15 is 0 Å². The lowest BCUT2D eigenvalue weighted by molar-refractivity contribution is -0.131. The summed E-state index contributed by atoms with van der Waals surface area (Å²) >= 11 is 24.8. The molecule has 2 fully saturated rings. The third kappa shape index (κ3) is 6.60. The zero-order chi connectivity index (χ0) is 27.4. The van der Waals surface area contributed by atoms with Crippen molar-refractivity contribution >= 4 is 58.2 Å². The summed E-state index contributed by atoms with van der Waals surface area (Å²) in [4.78, 5) is 30.4. The maximum absolute atomic E-state index is 13.9. The molecular weight excluding hydrogens is 568 g/mol. The number of amides is 2. The molecule has 4 rings (SSSR count). The van der Waals surface area contributed by atoms with E-state index in [2.05, 4.69) is 10.2 Å². The molecule has 6 nitrogen and oxygen atoms in total. The van der Waals surface area contributed by atoms with Gasteiger partial charge in [0.25, 0.3) is 0 Å². The van der Waals surface area contributed by atoms with Crippen LogP contribution in [0.4, 0.5) is 0 Å². The summed E-state index contributed by atoms with van der Waals surface area (Å²) in [6.45, 7) is 4.89. The molecule has 2 aromatic carbocycles. The van der Waals surface area contributed by atoms with Gasteiger partial charge in [-0.3, -0.25) is 9.59 Å². The monoisotopic (exact) mass is 599 g/mol. The minimum Gasteiger partial charge on any atom is -0.394 e. The average molecular weight is 601 g/mol. The Kier molecular flexibility index (Phi) is 9.88. The summed E-state index contributed by atoms with van der Waals surface area (Å²) in [6.07, 6.45) is 4.02. The minimum atomic E-state index is -0.945. The Labute approximate surface area is 244 Å². The SMILES string of the molecule is C[C@@](CCN1CCC(N2CCCC2=O)CC1)(C(=O)N[C@@H](CO)c1ccc(Cl)c(Cl)c1)c1ccc(Cl)c(Cl)c1. The van der Waals surface area contributed by atoms with Crippen LogP contribution in [0.15, 0.2) is 36.4 Å². The number of hydrogen-bond acceptors (Lipinski definition) is 4. The number of halogens is 4. The highest BCUT2D eigenvalue weighted by Crippen LogP contribution is 2.35. The Bertz CT molecular complexity index is 1170. The number of hydrogen-bond donors (Lipinski definition) is 2. The van der Waals surface area contributed by atoms with Gasteiger partial charge in [-0.05, 0) is 74.5 Å². The van der Waals surface area contributed by atoms with Gasteiger partial charge in [-0.1, -0.05) is 58.5 Å². The van der Waals surface area contributed by atoms with Crippen molar-refractivity contribution in [1.82, 2.24) is 15.1 Å². The predicted octanol–water partition coefficient (Wildman–Crippen LogP) is 5.88. The van der Waals surface area contributed by atoms with E-state index in [9.17, 15) is 14.7 Å². The summed E-state index contributed by atoms with van der Waals surface area (Å²) in [6, 6.07) is 9.94. The van der Waals surface area contributed by atoms with Crippen molar-refractivity contribution in [3.63, 3.8) is 0 Å². The summed E-state index contributed by atoms with van der Waals surface area (Å²) in [5, 5.41) is 14.7. The first kappa shape index (κ1) is 29.4. The molecule has 2 atom stereocenters. The maximum atomic E-state index is 13.9. The van der Waals surface area contributed by atoms with E-state index in [1.165, 1.54) is 0 Å². The highest BCUT2D eigenvalue weighted by Gasteiger charge is 2.38. The molecule has 0 unspecified atom stereocenters. The van der Waals surface area contributed by atoms with Gasteiger partial charge in [-0.15, -0.1) is 0 Å². The summed E-state index contributed by atoms with van der Waals surface area (Å²) in [5.74, 6) is 0.0336. The molecule has 10 heteroatoms. The third-order valence-electron chi connectivity index (χ3n) is 7.93. The number of carbonyl (C=O) groups is 2. The van der Waals surface area contributed by atoms with Crippen LogP contribution in [0.2, 0.25) is 20.1 Å². The molecule has 0 bridgehead atoms. The second-order valence-electron chi connectivity index (χ2n) is 10.4. The molecule has 2 heterocycles. The number of nitrogens with one attached hydrogen (secondary N) is 1. The molecule has 0 saturated carbocycles. The van der Waals surface area contributed by atoms with E-state index in [0.717, 1.165) is 44.5 Å². The van der Waals surface area contributed by atoms with Crippen LogP contribution in [-0.4, -0.2) is 65.5 Å². The Morgan fingerprint density at radius 2 is 1.68 bits per heavy atom. The van der Waals surface area contributed by atoms with Crippen LogP contribution in [0.1, 0.15) is 56.2 Å². The number of rotatable bonds is 9. The molecule has 0 aromatic heterocycles. The molecule has 2 aliphatic heterocycles. The predicted molar refractivity (Wildman–Crippen MR) is 153 cm³/mol. The lowest BCUT2D eigenvalue weighted by atomic mass is 9.78. The molecule has 2 saturated heterocycles. The van der Waals surface area contributed by atoms with Crippen LogP contribution >= 0.6 is 46.4 Å². The number of benzene rings is 2. The van der Waals surface area contributed by atoms with Crippen molar-refractivity contribution in [3.05, 3.63) is 67.6 Å². The topological polar surface area (TPSA) is 72.9 Å². The molecule has 2 amide bonds. The zero-order valence-electron chi connectivity index (χ0n) is 21.4. The maximum Gasteiger partial charge on any atom is 0.230 e. The van der Waals surface area contributed by atoms with E-state index in [1.807, 2.05) is 17.9 Å². The summed E-state index contributed by atoms with van der Waals surface area (Å²) < 4.78 is 0. The Balaban J connectivity index is 1.49. The molecule has 0 aliphatic carbocycles. The third-order valence-corrected chi connectivity index (χ3v) is 9.41. The van der Waals surface area contributed by atoms with Gasteiger partial charge in [-0.25, -0.2) is 0 Å². The number of piperidine rings is 1. The fourth-order valence-corrected chi connectivity index (χ4v) is 6.01. The van der Waals surface area contributed by atoms with Crippen LogP contribution in [0.3, 0.4) is 0 Å². The molecule has 38 heavy (non-hydrogen) atoms. The zero-order valence-corrected chi connectivity index (χ0v) is 24.4. The first-order chi connectivity index (χ1) is 18.1. The smallest absolute Gasteiger partial charge is 0.230 e. The molecule has 2 aromatic rings. The average Bonchev–Trinajstić information content (AvgIpc) is 3.34. The molecule has 206 valence electrons. The number of carbonyl (C=O) groups excluding carboxylic acids is 2. The molecule has 0 radical (unpaired) electrons. The number of aliphatic hydroxyl groups is 1. The largest absolute Gasteiger partial charge is 0.394 e. The van der Waals surface area contributed by atoms with Crippen LogP contribution in [0.5, 0.6) is 0 Å². The molecule has 0 spiro atoms. The van der Waals surface area contributed by atoms with Crippen molar-refractivity contribution in [1.29, 1.82) is 0 Å². The summed E-state index contributed by atoms with van der Waals surface area (Å²) in [7, 11) is 0. The minimum absolute atomic E-state index is 0.237. The van der Waals surface area contributed by atoms with Crippen molar-refractivity contribution in [2.24, 2.45) is 0 Å². The van der Waals surface area contributed by atoms with Crippen molar-refractivity contribution in [3.8, 4) is 0 Å².